The average Bonchev–Trinajstić information content (AvgIpc) is 2.68. The molecule has 0 aliphatic rings. The third-order valence-electron chi connectivity index (χ3n) is 3.66. The average molecular weight is 392 g/mol. The molecule has 3 rings (SSSR count). The monoisotopic (exact) mass is 392 g/mol. The van der Waals surface area contributed by atoms with Crippen molar-refractivity contribution in [3.8, 4) is 11.5 Å². The van der Waals surface area contributed by atoms with Crippen molar-refractivity contribution in [1.82, 2.24) is 0 Å². The number of para-hydroxylation sites is 1. The molecule has 0 aromatic heterocycles. The molecule has 0 N–H and O–H groups in total. The minimum atomic E-state index is -0.985. The van der Waals surface area contributed by atoms with Crippen molar-refractivity contribution in [1.29, 1.82) is 0 Å². The van der Waals surface area contributed by atoms with Gasteiger partial charge in [-0.1, -0.05) is 18.2 Å². The summed E-state index contributed by atoms with van der Waals surface area (Å²) in [6, 6.07) is 12.7. The Morgan fingerprint density at radius 1 is 0.679 bits per heavy atom. The second-order valence-corrected chi connectivity index (χ2v) is 5.41. The zero-order valence-corrected chi connectivity index (χ0v) is 15.0. The lowest BCUT2D eigenvalue weighted by Crippen LogP contribution is -2.08. The third-order valence-corrected chi connectivity index (χ3v) is 3.66. The fourth-order valence-corrected chi connectivity index (χ4v) is 2.28. The van der Waals surface area contributed by atoms with E-state index in [0.717, 1.165) is 24.3 Å². The zero-order valence-electron chi connectivity index (χ0n) is 15.0. The molecule has 28 heavy (non-hydrogen) atoms. The molecule has 0 radical (unpaired) electrons. The summed E-state index contributed by atoms with van der Waals surface area (Å²) in [5.41, 5.74) is -0.852. The third kappa shape index (κ3) is 4.88. The summed E-state index contributed by atoms with van der Waals surface area (Å²) < 4.78 is 62.2. The van der Waals surface area contributed by atoms with E-state index in [1.54, 1.807) is 18.2 Å². The van der Waals surface area contributed by atoms with Crippen molar-refractivity contribution in [3.63, 3.8) is 0 Å². The summed E-state index contributed by atoms with van der Waals surface area (Å²) in [7, 11) is 2.72. The van der Waals surface area contributed by atoms with Crippen molar-refractivity contribution >= 4 is 5.78 Å². The Kier molecular flexibility index (Phi) is 7.14. The van der Waals surface area contributed by atoms with Crippen LogP contribution in [-0.2, 0) is 0 Å². The molecule has 7 heteroatoms. The number of carbonyl (C=O) groups is 1. The van der Waals surface area contributed by atoms with Gasteiger partial charge < -0.3 is 9.47 Å². The predicted molar refractivity (Wildman–Crippen MR) is 95.7 cm³/mol. The lowest BCUT2D eigenvalue weighted by atomic mass is 10.0. The van der Waals surface area contributed by atoms with E-state index in [0.29, 0.717) is 0 Å². The van der Waals surface area contributed by atoms with Crippen LogP contribution in [0.4, 0.5) is 17.6 Å². The van der Waals surface area contributed by atoms with Gasteiger partial charge in [-0.2, -0.15) is 0 Å². The second-order valence-electron chi connectivity index (χ2n) is 5.41. The molecule has 0 fully saturated rings. The van der Waals surface area contributed by atoms with Gasteiger partial charge in [-0.25, -0.2) is 17.6 Å². The van der Waals surface area contributed by atoms with E-state index in [1.807, 2.05) is 0 Å². The Hall–Kier alpha value is -3.35. The Bertz CT molecular complexity index is 953. The van der Waals surface area contributed by atoms with Gasteiger partial charge in [-0.05, 0) is 42.5 Å². The quantitative estimate of drug-likeness (QED) is 0.454. The zero-order chi connectivity index (χ0) is 20.7. The van der Waals surface area contributed by atoms with Gasteiger partial charge in [0.2, 0.25) is 0 Å². The lowest BCUT2D eigenvalue weighted by Gasteiger charge is -2.06. The van der Waals surface area contributed by atoms with E-state index in [9.17, 15) is 22.4 Å². The number of hydrogen-bond donors (Lipinski definition) is 0. The van der Waals surface area contributed by atoms with Crippen molar-refractivity contribution in [2.24, 2.45) is 0 Å². The highest BCUT2D eigenvalue weighted by Gasteiger charge is 2.19. The summed E-state index contributed by atoms with van der Waals surface area (Å²) in [6.07, 6.45) is 0. The van der Waals surface area contributed by atoms with Gasteiger partial charge in [-0.15, -0.1) is 0 Å². The minimum Gasteiger partial charge on any atom is -0.494 e. The number of ether oxygens (including phenoxy) is 2. The smallest absolute Gasteiger partial charge is 0.199 e. The van der Waals surface area contributed by atoms with Gasteiger partial charge in [0.25, 0.3) is 0 Å². The maximum Gasteiger partial charge on any atom is 0.199 e. The first-order chi connectivity index (χ1) is 13.4. The van der Waals surface area contributed by atoms with Gasteiger partial charge in [-0.3, -0.25) is 4.79 Å². The number of benzene rings is 3. The van der Waals surface area contributed by atoms with Gasteiger partial charge in [0.15, 0.2) is 28.9 Å². The van der Waals surface area contributed by atoms with Crippen LogP contribution >= 0.6 is 0 Å². The van der Waals surface area contributed by atoms with Crippen LogP contribution in [0.1, 0.15) is 15.9 Å². The van der Waals surface area contributed by atoms with Crippen molar-refractivity contribution in [2.75, 3.05) is 14.2 Å². The summed E-state index contributed by atoms with van der Waals surface area (Å²) in [5, 5.41) is 0. The maximum absolute atomic E-state index is 13.5. The molecule has 0 bridgehead atoms. The molecule has 0 spiro atoms. The molecule has 0 aliphatic carbocycles. The van der Waals surface area contributed by atoms with Crippen LogP contribution in [0, 0.1) is 23.3 Å². The number of rotatable bonds is 4. The second kappa shape index (κ2) is 9.55. The first-order valence-electron chi connectivity index (χ1n) is 7.99. The number of halogens is 4. The van der Waals surface area contributed by atoms with Crippen LogP contribution in [0.3, 0.4) is 0 Å². The highest BCUT2D eigenvalue weighted by molar-refractivity contribution is 6.09. The van der Waals surface area contributed by atoms with Crippen LogP contribution in [0.2, 0.25) is 0 Å². The highest BCUT2D eigenvalue weighted by atomic mass is 19.1. The van der Waals surface area contributed by atoms with E-state index in [2.05, 4.69) is 4.74 Å². The summed E-state index contributed by atoms with van der Waals surface area (Å²) >= 11 is 0. The molecule has 0 aliphatic heterocycles. The van der Waals surface area contributed by atoms with Gasteiger partial charge >= 0.3 is 0 Å². The molecular formula is C21H16F4O3. The molecule has 0 saturated heterocycles. The Balaban J connectivity index is 0.000000261. The van der Waals surface area contributed by atoms with Gasteiger partial charge in [0, 0.05) is 5.56 Å². The fraction of sp³-hybridized carbons (Fsp3) is 0.0952. The van der Waals surface area contributed by atoms with Crippen LogP contribution in [-0.4, -0.2) is 20.0 Å². The number of ketones is 1. The van der Waals surface area contributed by atoms with Crippen LogP contribution in [0.5, 0.6) is 11.5 Å². The van der Waals surface area contributed by atoms with E-state index in [1.165, 1.54) is 32.4 Å². The van der Waals surface area contributed by atoms with E-state index in [4.69, 9.17) is 4.74 Å². The lowest BCUT2D eigenvalue weighted by molar-refractivity contribution is 0.103. The molecule has 0 heterocycles. The number of methoxy groups -OCH3 is 2. The topological polar surface area (TPSA) is 35.5 Å². The minimum absolute atomic E-state index is 0.0504. The number of carbonyl (C=O) groups excluding carboxylic acids is 1. The van der Waals surface area contributed by atoms with Crippen molar-refractivity contribution in [3.05, 3.63) is 95.1 Å². The first kappa shape index (κ1) is 21.0. The van der Waals surface area contributed by atoms with Gasteiger partial charge in [0.05, 0.1) is 19.8 Å². The molecule has 0 amide bonds. The Morgan fingerprint density at radius 2 is 1.21 bits per heavy atom. The summed E-state index contributed by atoms with van der Waals surface area (Å²) in [5.74, 6) is -3.74. The fourth-order valence-electron chi connectivity index (χ4n) is 2.28. The number of hydrogen-bond acceptors (Lipinski definition) is 3. The Labute approximate surface area is 159 Å². The van der Waals surface area contributed by atoms with E-state index < -0.39 is 28.8 Å². The maximum atomic E-state index is 13.5. The molecule has 0 unspecified atom stereocenters. The Morgan fingerprint density at radius 3 is 1.71 bits per heavy atom. The molecule has 0 saturated carbocycles. The molecule has 3 aromatic carbocycles. The van der Waals surface area contributed by atoms with Gasteiger partial charge in [0.1, 0.15) is 11.6 Å². The van der Waals surface area contributed by atoms with E-state index >= 15 is 0 Å². The highest BCUT2D eigenvalue weighted by Crippen LogP contribution is 2.22. The van der Waals surface area contributed by atoms with Crippen molar-refractivity contribution in [2.45, 2.75) is 0 Å². The normalized spacial score (nSPS) is 9.93. The molecule has 3 aromatic rings. The van der Waals surface area contributed by atoms with Crippen LogP contribution in [0.25, 0.3) is 0 Å². The van der Waals surface area contributed by atoms with Crippen LogP contribution in [0.15, 0.2) is 60.7 Å². The largest absolute Gasteiger partial charge is 0.494 e. The molecule has 3 nitrogen and oxygen atoms in total. The molecule has 0 atom stereocenters. The van der Waals surface area contributed by atoms with Crippen LogP contribution < -0.4 is 9.47 Å². The van der Waals surface area contributed by atoms with Crippen molar-refractivity contribution < 1.29 is 31.8 Å². The predicted octanol–water partition coefficient (Wildman–Crippen LogP) is 5.18. The van der Waals surface area contributed by atoms with E-state index in [-0.39, 0.29) is 22.9 Å². The summed E-state index contributed by atoms with van der Waals surface area (Å²) in [4.78, 5) is 12.0. The SMILES string of the molecule is COc1ccc(C(=O)c2c(F)cccc2F)cc1F.COc1ccccc1F. The molecular weight excluding hydrogens is 376 g/mol. The summed E-state index contributed by atoms with van der Waals surface area (Å²) in [6.45, 7) is 0. The molecule has 146 valence electrons. The first-order valence-corrected chi connectivity index (χ1v) is 7.99. The standard InChI is InChI=1S/C14H9F3O2.C7H7FO/c1-19-12-6-5-8(7-11(12)17)14(18)13-9(15)3-2-4-10(13)16;1-9-7-5-3-2-4-6(7)8/h2-7H,1H3;2-5H,1H3.